The highest BCUT2D eigenvalue weighted by Crippen LogP contribution is 2.32. The first-order valence-corrected chi connectivity index (χ1v) is 9.84. The molecule has 1 aromatic heterocycles. The van der Waals surface area contributed by atoms with Crippen molar-refractivity contribution >= 4 is 28.5 Å². The minimum absolute atomic E-state index is 0.144. The molecular weight excluding hydrogens is 374 g/mol. The van der Waals surface area contributed by atoms with Gasteiger partial charge in [-0.2, -0.15) is 0 Å². The van der Waals surface area contributed by atoms with E-state index >= 15 is 0 Å². The first kappa shape index (κ1) is 18.1. The second kappa shape index (κ2) is 7.48. The zero-order valence-corrected chi connectivity index (χ0v) is 16.4. The molecule has 1 atom stereocenters. The van der Waals surface area contributed by atoms with Crippen LogP contribution in [0.25, 0.3) is 22.7 Å². The highest BCUT2D eigenvalue weighted by atomic mass is 16.5. The van der Waals surface area contributed by atoms with Gasteiger partial charge in [-0.05, 0) is 42.8 Å². The highest BCUT2D eigenvalue weighted by Gasteiger charge is 2.24. The number of aromatic nitrogens is 1. The number of ether oxygens (including phenoxy) is 1. The summed E-state index contributed by atoms with van der Waals surface area (Å²) in [7, 11) is 0. The second-order valence-electron chi connectivity index (χ2n) is 7.18. The molecule has 0 saturated carbocycles. The van der Waals surface area contributed by atoms with Crippen LogP contribution < -0.4 is 4.74 Å². The molecule has 0 aliphatic carbocycles. The number of rotatable bonds is 4. The molecule has 4 nitrogen and oxygen atoms in total. The molecule has 30 heavy (non-hydrogen) atoms. The molecule has 0 amide bonds. The Kier molecular flexibility index (Phi) is 4.52. The lowest BCUT2D eigenvalue weighted by Crippen LogP contribution is -2.18. The number of Topliss-reactive ketones (excluding diaryl/α,β-unsaturated/α-hetero) is 1. The molecule has 1 aliphatic heterocycles. The van der Waals surface area contributed by atoms with E-state index in [0.29, 0.717) is 28.1 Å². The van der Waals surface area contributed by atoms with Gasteiger partial charge in [0.25, 0.3) is 0 Å². The van der Waals surface area contributed by atoms with Crippen LogP contribution in [-0.2, 0) is 0 Å². The first-order chi connectivity index (χ1) is 14.7. The maximum absolute atomic E-state index is 13.4. The van der Waals surface area contributed by atoms with Crippen molar-refractivity contribution in [1.29, 1.82) is 0 Å². The number of allylic oxidation sites excluding steroid dienone is 1. The Labute approximate surface area is 174 Å². The Balaban J connectivity index is 1.66. The summed E-state index contributed by atoms with van der Waals surface area (Å²) in [6.07, 6.45) is 3.67. The lowest BCUT2D eigenvalue weighted by Gasteiger charge is -2.23. The largest absolute Gasteiger partial charge is 0.485 e. The first-order valence-electron chi connectivity index (χ1n) is 9.84. The number of benzene rings is 3. The Morgan fingerprint density at radius 1 is 0.933 bits per heavy atom. The predicted molar refractivity (Wildman–Crippen MR) is 117 cm³/mol. The van der Waals surface area contributed by atoms with Gasteiger partial charge in [0.1, 0.15) is 17.4 Å². The summed E-state index contributed by atoms with van der Waals surface area (Å²) >= 11 is 0. The minimum atomic E-state index is -0.206. The summed E-state index contributed by atoms with van der Waals surface area (Å²) in [5.41, 5.74) is 4.20. The smallest absolute Gasteiger partial charge is 0.231 e. The average molecular weight is 393 g/mol. The van der Waals surface area contributed by atoms with Crippen LogP contribution in [0.2, 0.25) is 0 Å². The number of carbonyl (C=O) groups excluding carboxylic acids is 1. The van der Waals surface area contributed by atoms with Gasteiger partial charge in [0.05, 0.1) is 5.57 Å². The number of ketones is 1. The fourth-order valence-electron chi connectivity index (χ4n) is 3.55. The van der Waals surface area contributed by atoms with E-state index in [4.69, 9.17) is 9.15 Å². The number of fused-ring (bicyclic) bond motifs is 2. The highest BCUT2D eigenvalue weighted by molar-refractivity contribution is 6.28. The van der Waals surface area contributed by atoms with Crippen molar-refractivity contribution in [3.05, 3.63) is 108 Å². The van der Waals surface area contributed by atoms with Crippen LogP contribution in [0, 0.1) is 0 Å². The van der Waals surface area contributed by atoms with Crippen molar-refractivity contribution in [3.8, 4) is 5.75 Å². The van der Waals surface area contributed by atoms with Crippen LogP contribution >= 0.6 is 0 Å². The average Bonchev–Trinajstić information content (AvgIpc) is 3.21. The molecule has 0 radical (unpaired) electrons. The lowest BCUT2D eigenvalue weighted by molar-refractivity contribution is 0.105. The van der Waals surface area contributed by atoms with Gasteiger partial charge < -0.3 is 9.15 Å². The van der Waals surface area contributed by atoms with Crippen LogP contribution in [0.15, 0.2) is 94.9 Å². The molecule has 4 heteroatoms. The fourth-order valence-corrected chi connectivity index (χ4v) is 3.55. The van der Waals surface area contributed by atoms with E-state index in [2.05, 4.69) is 4.98 Å². The number of para-hydroxylation sites is 3. The summed E-state index contributed by atoms with van der Waals surface area (Å²) in [5, 5.41) is 0. The predicted octanol–water partition coefficient (Wildman–Crippen LogP) is 5.96. The van der Waals surface area contributed by atoms with Crippen molar-refractivity contribution in [2.45, 2.75) is 13.0 Å². The number of carbonyl (C=O) groups is 1. The van der Waals surface area contributed by atoms with E-state index in [9.17, 15) is 4.79 Å². The molecule has 0 fully saturated rings. The Bertz CT molecular complexity index is 1270. The molecule has 146 valence electrons. The van der Waals surface area contributed by atoms with Crippen molar-refractivity contribution in [3.63, 3.8) is 0 Å². The molecule has 4 aromatic rings. The summed E-state index contributed by atoms with van der Waals surface area (Å²) in [6, 6.07) is 24.5. The zero-order valence-electron chi connectivity index (χ0n) is 16.4. The Morgan fingerprint density at radius 3 is 2.50 bits per heavy atom. The van der Waals surface area contributed by atoms with E-state index in [1.165, 1.54) is 0 Å². The van der Waals surface area contributed by atoms with Gasteiger partial charge in [0.2, 0.25) is 5.89 Å². The molecule has 1 aliphatic rings. The van der Waals surface area contributed by atoms with E-state index in [0.717, 1.165) is 16.9 Å². The fraction of sp³-hybridized carbons (Fsp3) is 0.0769. The molecule has 0 bridgehead atoms. The number of nitrogens with zero attached hydrogens (tertiary/aromatic N) is 1. The SMILES string of the molecule is C[C@@H]1Oc2ccccc2C=C1/C=C(\C(=O)c1ccccc1)c1nc2ccccc2o1. The van der Waals surface area contributed by atoms with Gasteiger partial charge in [-0.3, -0.25) is 4.79 Å². The van der Waals surface area contributed by atoms with E-state index in [1.54, 1.807) is 12.1 Å². The Morgan fingerprint density at radius 2 is 1.67 bits per heavy atom. The van der Waals surface area contributed by atoms with Gasteiger partial charge in [0, 0.05) is 11.1 Å². The standard InChI is InChI=1S/C26H19NO3/c1-17-20(15-19-11-5-7-13-23(19)29-17)16-21(25(28)18-9-3-2-4-10-18)26-27-22-12-6-8-14-24(22)30-26/h2-17H,1H3/b21-16+/t17-/m0/s1. The molecule has 5 rings (SSSR count). The zero-order chi connectivity index (χ0) is 20.5. The van der Waals surface area contributed by atoms with Crippen LogP contribution in [0.4, 0.5) is 0 Å². The van der Waals surface area contributed by atoms with Crippen LogP contribution in [0.5, 0.6) is 5.75 Å². The van der Waals surface area contributed by atoms with Crippen LogP contribution in [0.1, 0.15) is 28.7 Å². The van der Waals surface area contributed by atoms with Crippen molar-refractivity contribution in [2.24, 2.45) is 0 Å². The summed E-state index contributed by atoms with van der Waals surface area (Å²) < 4.78 is 12.0. The third-order valence-electron chi connectivity index (χ3n) is 5.13. The maximum atomic E-state index is 13.4. The quantitative estimate of drug-likeness (QED) is 0.317. The van der Waals surface area contributed by atoms with Crippen molar-refractivity contribution in [2.75, 3.05) is 0 Å². The van der Waals surface area contributed by atoms with Crippen molar-refractivity contribution < 1.29 is 13.9 Å². The van der Waals surface area contributed by atoms with Crippen molar-refractivity contribution in [1.82, 2.24) is 4.98 Å². The third-order valence-corrected chi connectivity index (χ3v) is 5.13. The molecule has 0 saturated heterocycles. The van der Waals surface area contributed by atoms with Crippen LogP contribution in [-0.4, -0.2) is 16.9 Å². The van der Waals surface area contributed by atoms with E-state index < -0.39 is 0 Å². The summed E-state index contributed by atoms with van der Waals surface area (Å²) in [6.45, 7) is 1.97. The lowest BCUT2D eigenvalue weighted by atomic mass is 9.96. The third kappa shape index (κ3) is 3.33. The molecular formula is C26H19NO3. The number of hydrogen-bond acceptors (Lipinski definition) is 4. The molecule has 0 N–H and O–H groups in total. The van der Waals surface area contributed by atoms with E-state index in [1.807, 2.05) is 85.8 Å². The normalized spacial score (nSPS) is 16.0. The number of oxazole rings is 1. The van der Waals surface area contributed by atoms with Gasteiger partial charge in [-0.15, -0.1) is 0 Å². The second-order valence-corrected chi connectivity index (χ2v) is 7.18. The molecule has 0 unspecified atom stereocenters. The number of hydrogen-bond donors (Lipinski definition) is 0. The minimum Gasteiger partial charge on any atom is -0.485 e. The van der Waals surface area contributed by atoms with Gasteiger partial charge >= 0.3 is 0 Å². The molecule has 0 spiro atoms. The molecule has 3 aromatic carbocycles. The maximum Gasteiger partial charge on any atom is 0.231 e. The van der Waals surface area contributed by atoms with Gasteiger partial charge in [-0.25, -0.2) is 4.98 Å². The summed E-state index contributed by atoms with van der Waals surface area (Å²) in [4.78, 5) is 18.0. The monoisotopic (exact) mass is 393 g/mol. The Hall–Kier alpha value is -3.92. The topological polar surface area (TPSA) is 52.3 Å². The van der Waals surface area contributed by atoms with Gasteiger partial charge in [0.15, 0.2) is 11.4 Å². The summed E-state index contributed by atoms with van der Waals surface area (Å²) in [5.74, 6) is 0.992. The van der Waals surface area contributed by atoms with E-state index in [-0.39, 0.29) is 11.9 Å². The van der Waals surface area contributed by atoms with Crippen LogP contribution in [0.3, 0.4) is 0 Å². The molecule has 2 heterocycles. The van der Waals surface area contributed by atoms with Gasteiger partial charge in [-0.1, -0.05) is 60.7 Å².